The quantitative estimate of drug-likeness (QED) is 0.780. The zero-order chi connectivity index (χ0) is 18.4. The number of amides is 1. The Hall–Kier alpha value is -2.49. The van der Waals surface area contributed by atoms with Gasteiger partial charge in [0.2, 0.25) is 5.91 Å². The van der Waals surface area contributed by atoms with Crippen LogP contribution in [0.15, 0.2) is 36.4 Å². The molecule has 0 saturated carbocycles. The highest BCUT2D eigenvalue weighted by Gasteiger charge is 2.08. The summed E-state index contributed by atoms with van der Waals surface area (Å²) < 4.78 is 0. The van der Waals surface area contributed by atoms with Crippen LogP contribution >= 0.6 is 0 Å². The average Bonchev–Trinajstić information content (AvgIpc) is 2.59. The minimum Gasteiger partial charge on any atom is -0.376 e. The predicted molar refractivity (Wildman–Crippen MR) is 108 cm³/mol. The van der Waals surface area contributed by atoms with Gasteiger partial charge in [-0.3, -0.25) is 4.79 Å². The maximum absolute atomic E-state index is 12.2. The zero-order valence-corrected chi connectivity index (χ0v) is 15.9. The Kier molecular flexibility index (Phi) is 6.45. The summed E-state index contributed by atoms with van der Waals surface area (Å²) in [5.41, 5.74) is 6.51. The highest BCUT2D eigenvalue weighted by Crippen LogP contribution is 2.23. The van der Waals surface area contributed by atoms with Crippen molar-refractivity contribution in [1.82, 2.24) is 0 Å². The molecule has 0 heterocycles. The lowest BCUT2D eigenvalue weighted by molar-refractivity contribution is -0.114. The molecule has 4 heteroatoms. The van der Waals surface area contributed by atoms with E-state index in [1.54, 1.807) is 0 Å². The van der Waals surface area contributed by atoms with Crippen molar-refractivity contribution in [2.24, 2.45) is 0 Å². The summed E-state index contributed by atoms with van der Waals surface area (Å²) in [7, 11) is 0. The topological polar surface area (TPSA) is 44.4 Å². The first-order valence-electron chi connectivity index (χ1n) is 8.91. The molecular formula is C21H29N3O. The molecule has 25 heavy (non-hydrogen) atoms. The van der Waals surface area contributed by atoms with Crippen molar-refractivity contribution in [3.8, 4) is 0 Å². The molecule has 2 rings (SSSR count). The van der Waals surface area contributed by atoms with Gasteiger partial charge in [-0.05, 0) is 75.6 Å². The number of rotatable bonds is 7. The lowest BCUT2D eigenvalue weighted by Gasteiger charge is -2.22. The molecule has 2 N–H and O–H groups in total. The van der Waals surface area contributed by atoms with Gasteiger partial charge >= 0.3 is 0 Å². The minimum atomic E-state index is -0.0408. The molecule has 0 radical (unpaired) electrons. The molecule has 0 spiro atoms. The Bertz CT molecular complexity index is 736. The second-order valence-corrected chi connectivity index (χ2v) is 6.32. The monoisotopic (exact) mass is 339 g/mol. The number of benzene rings is 2. The van der Waals surface area contributed by atoms with Crippen LogP contribution in [0.1, 0.15) is 30.5 Å². The molecule has 0 bridgehead atoms. The molecule has 0 atom stereocenters. The van der Waals surface area contributed by atoms with Gasteiger partial charge in [-0.2, -0.15) is 0 Å². The van der Waals surface area contributed by atoms with Gasteiger partial charge in [-0.1, -0.05) is 12.1 Å². The molecule has 0 aliphatic heterocycles. The summed E-state index contributed by atoms with van der Waals surface area (Å²) in [5.74, 6) is -0.0408. The van der Waals surface area contributed by atoms with Crippen molar-refractivity contribution >= 4 is 23.0 Å². The van der Waals surface area contributed by atoms with E-state index in [-0.39, 0.29) is 12.5 Å². The second kappa shape index (κ2) is 8.56. The summed E-state index contributed by atoms with van der Waals surface area (Å²) in [6.45, 7) is 12.7. The molecule has 2 aromatic carbocycles. The minimum absolute atomic E-state index is 0.0408. The molecule has 2 aromatic rings. The largest absolute Gasteiger partial charge is 0.376 e. The zero-order valence-electron chi connectivity index (χ0n) is 15.9. The van der Waals surface area contributed by atoms with Crippen LogP contribution in [-0.4, -0.2) is 25.5 Å². The fourth-order valence-electron chi connectivity index (χ4n) is 2.89. The third-order valence-electron chi connectivity index (χ3n) is 4.66. The third-order valence-corrected chi connectivity index (χ3v) is 4.66. The van der Waals surface area contributed by atoms with E-state index >= 15 is 0 Å². The molecule has 0 unspecified atom stereocenters. The van der Waals surface area contributed by atoms with Crippen molar-refractivity contribution in [3.05, 3.63) is 53.1 Å². The number of nitrogens with one attached hydrogen (secondary N) is 2. The van der Waals surface area contributed by atoms with E-state index in [4.69, 9.17) is 0 Å². The smallest absolute Gasteiger partial charge is 0.243 e. The van der Waals surface area contributed by atoms with Crippen molar-refractivity contribution in [2.45, 2.75) is 34.6 Å². The van der Waals surface area contributed by atoms with Crippen LogP contribution in [0.25, 0.3) is 0 Å². The summed E-state index contributed by atoms with van der Waals surface area (Å²) in [6, 6.07) is 12.3. The van der Waals surface area contributed by atoms with E-state index in [0.717, 1.165) is 35.6 Å². The number of carbonyl (C=O) groups excluding carboxylic acids is 1. The number of nitrogens with zero attached hydrogens (tertiary/aromatic N) is 1. The van der Waals surface area contributed by atoms with Gasteiger partial charge in [0, 0.05) is 30.2 Å². The Balaban J connectivity index is 1.99. The fraction of sp³-hybridized carbons (Fsp3) is 0.381. The van der Waals surface area contributed by atoms with E-state index in [1.165, 1.54) is 11.3 Å². The maximum Gasteiger partial charge on any atom is 0.243 e. The molecule has 0 aliphatic carbocycles. The van der Waals surface area contributed by atoms with E-state index in [2.05, 4.69) is 48.4 Å². The number of hydrogen-bond acceptors (Lipinski definition) is 3. The standard InChI is InChI=1S/C21H29N3O/c1-6-24(7-2)18-11-12-19(16(4)13-18)22-14-21(25)23-20-10-8-9-15(3)17(20)5/h8-13,22H,6-7,14H2,1-5H3,(H,23,25). The van der Waals surface area contributed by atoms with Gasteiger partial charge in [-0.15, -0.1) is 0 Å². The van der Waals surface area contributed by atoms with E-state index < -0.39 is 0 Å². The molecule has 0 aliphatic rings. The van der Waals surface area contributed by atoms with Crippen LogP contribution in [-0.2, 0) is 4.79 Å². The first kappa shape index (κ1) is 18.8. The number of anilines is 3. The summed E-state index contributed by atoms with van der Waals surface area (Å²) >= 11 is 0. The van der Waals surface area contributed by atoms with Crippen molar-refractivity contribution < 1.29 is 4.79 Å². The van der Waals surface area contributed by atoms with Crippen molar-refractivity contribution in [3.63, 3.8) is 0 Å². The molecule has 4 nitrogen and oxygen atoms in total. The fourth-order valence-corrected chi connectivity index (χ4v) is 2.89. The summed E-state index contributed by atoms with van der Waals surface area (Å²) in [6.07, 6.45) is 0. The molecular weight excluding hydrogens is 310 g/mol. The highest BCUT2D eigenvalue weighted by atomic mass is 16.1. The number of hydrogen-bond donors (Lipinski definition) is 2. The Labute approximate surface area is 151 Å². The number of aryl methyl sites for hydroxylation is 2. The summed E-state index contributed by atoms with van der Waals surface area (Å²) in [5, 5.41) is 6.22. The van der Waals surface area contributed by atoms with Crippen LogP contribution < -0.4 is 15.5 Å². The molecule has 0 fully saturated rings. The third kappa shape index (κ3) is 4.75. The van der Waals surface area contributed by atoms with E-state index in [1.807, 2.05) is 38.1 Å². The van der Waals surface area contributed by atoms with Crippen LogP contribution in [0.3, 0.4) is 0 Å². The van der Waals surface area contributed by atoms with E-state index in [9.17, 15) is 4.79 Å². The Morgan fingerprint density at radius 2 is 1.68 bits per heavy atom. The normalized spacial score (nSPS) is 10.4. The summed E-state index contributed by atoms with van der Waals surface area (Å²) in [4.78, 5) is 14.6. The second-order valence-electron chi connectivity index (χ2n) is 6.32. The van der Waals surface area contributed by atoms with Gasteiger partial charge in [0.1, 0.15) is 0 Å². The Morgan fingerprint density at radius 3 is 2.32 bits per heavy atom. The SMILES string of the molecule is CCN(CC)c1ccc(NCC(=O)Nc2cccc(C)c2C)c(C)c1. The van der Waals surface area contributed by atoms with Crippen LogP contribution in [0.4, 0.5) is 17.1 Å². The lowest BCUT2D eigenvalue weighted by Crippen LogP contribution is -2.23. The molecule has 134 valence electrons. The lowest BCUT2D eigenvalue weighted by atomic mass is 10.1. The first-order valence-corrected chi connectivity index (χ1v) is 8.91. The molecule has 1 amide bonds. The van der Waals surface area contributed by atoms with Gasteiger partial charge in [-0.25, -0.2) is 0 Å². The van der Waals surface area contributed by atoms with Crippen molar-refractivity contribution in [2.75, 3.05) is 35.2 Å². The Morgan fingerprint density at radius 1 is 0.960 bits per heavy atom. The average molecular weight is 339 g/mol. The van der Waals surface area contributed by atoms with Crippen LogP contribution in [0, 0.1) is 20.8 Å². The molecule has 0 aromatic heterocycles. The van der Waals surface area contributed by atoms with Crippen LogP contribution in [0.2, 0.25) is 0 Å². The predicted octanol–water partition coefficient (Wildman–Crippen LogP) is 4.51. The maximum atomic E-state index is 12.2. The van der Waals surface area contributed by atoms with Gasteiger partial charge in [0.15, 0.2) is 0 Å². The highest BCUT2D eigenvalue weighted by molar-refractivity contribution is 5.94. The van der Waals surface area contributed by atoms with Gasteiger partial charge < -0.3 is 15.5 Å². The van der Waals surface area contributed by atoms with Crippen LogP contribution in [0.5, 0.6) is 0 Å². The number of carbonyl (C=O) groups is 1. The molecule has 0 saturated heterocycles. The van der Waals surface area contributed by atoms with Gasteiger partial charge in [0.05, 0.1) is 6.54 Å². The van der Waals surface area contributed by atoms with Gasteiger partial charge in [0.25, 0.3) is 0 Å². The first-order chi connectivity index (χ1) is 12.0. The van der Waals surface area contributed by atoms with Crippen molar-refractivity contribution in [1.29, 1.82) is 0 Å². The van der Waals surface area contributed by atoms with E-state index in [0.29, 0.717) is 0 Å².